The molecular formula is C17H24N4O. The number of benzene rings is 1. The van der Waals surface area contributed by atoms with E-state index in [4.69, 9.17) is 0 Å². The second-order valence-corrected chi connectivity index (χ2v) is 5.51. The van der Waals surface area contributed by atoms with Crippen molar-refractivity contribution in [2.75, 3.05) is 11.9 Å². The van der Waals surface area contributed by atoms with Gasteiger partial charge < -0.3 is 10.6 Å². The molecule has 2 N–H and O–H groups in total. The summed E-state index contributed by atoms with van der Waals surface area (Å²) in [5.41, 5.74) is 5.06. The van der Waals surface area contributed by atoms with Crippen LogP contribution in [0.2, 0.25) is 0 Å². The molecule has 2 amide bonds. The molecule has 0 saturated heterocycles. The van der Waals surface area contributed by atoms with E-state index in [0.29, 0.717) is 13.1 Å². The van der Waals surface area contributed by atoms with Gasteiger partial charge in [0.2, 0.25) is 0 Å². The van der Waals surface area contributed by atoms with E-state index in [1.165, 1.54) is 11.1 Å². The van der Waals surface area contributed by atoms with Crippen molar-refractivity contribution in [1.29, 1.82) is 0 Å². The Labute approximate surface area is 131 Å². The first kappa shape index (κ1) is 16.1. The Morgan fingerprint density at radius 2 is 1.95 bits per heavy atom. The van der Waals surface area contributed by atoms with Gasteiger partial charge in [0.05, 0.1) is 23.6 Å². The van der Waals surface area contributed by atoms with Crippen molar-refractivity contribution in [3.63, 3.8) is 0 Å². The molecule has 0 bridgehead atoms. The number of urea groups is 1. The average molecular weight is 300 g/mol. The molecule has 1 aromatic heterocycles. The Bertz CT molecular complexity index is 661. The van der Waals surface area contributed by atoms with Gasteiger partial charge in [-0.05, 0) is 38.3 Å². The van der Waals surface area contributed by atoms with Crippen molar-refractivity contribution in [3.05, 3.63) is 46.8 Å². The number of hydrogen-bond donors (Lipinski definition) is 2. The molecular weight excluding hydrogens is 276 g/mol. The summed E-state index contributed by atoms with van der Waals surface area (Å²) in [6, 6.07) is 8.09. The minimum Gasteiger partial charge on any atom is -0.338 e. The number of rotatable bonds is 5. The number of nitrogens with zero attached hydrogens (tertiary/aromatic N) is 2. The molecule has 0 aliphatic rings. The Morgan fingerprint density at radius 1 is 1.23 bits per heavy atom. The van der Waals surface area contributed by atoms with Crippen molar-refractivity contribution in [2.45, 2.75) is 40.7 Å². The number of amides is 2. The zero-order valence-corrected chi connectivity index (χ0v) is 13.7. The molecule has 0 aliphatic carbocycles. The highest BCUT2D eigenvalue weighted by Crippen LogP contribution is 2.21. The average Bonchev–Trinajstić information content (AvgIpc) is 2.75. The summed E-state index contributed by atoms with van der Waals surface area (Å²) in [6.45, 7) is 9.39. The predicted molar refractivity (Wildman–Crippen MR) is 89.3 cm³/mol. The van der Waals surface area contributed by atoms with Crippen LogP contribution in [0, 0.1) is 20.8 Å². The van der Waals surface area contributed by atoms with E-state index in [1.807, 2.05) is 37.6 Å². The van der Waals surface area contributed by atoms with Crippen LogP contribution < -0.4 is 10.6 Å². The van der Waals surface area contributed by atoms with Gasteiger partial charge >= 0.3 is 6.03 Å². The lowest BCUT2D eigenvalue weighted by atomic mass is 10.1. The van der Waals surface area contributed by atoms with Crippen LogP contribution in [0.25, 0.3) is 0 Å². The number of aromatic nitrogens is 2. The van der Waals surface area contributed by atoms with Crippen molar-refractivity contribution >= 4 is 11.7 Å². The SMILES string of the molecule is CCCNC(=O)Nc1c(C)nn(Cc2ccccc2C)c1C. The lowest BCUT2D eigenvalue weighted by Crippen LogP contribution is -2.29. The highest BCUT2D eigenvalue weighted by molar-refractivity contribution is 5.90. The molecule has 2 rings (SSSR count). The minimum atomic E-state index is -0.177. The second kappa shape index (κ2) is 7.11. The van der Waals surface area contributed by atoms with Crippen LogP contribution in [-0.4, -0.2) is 22.4 Å². The third-order valence-corrected chi connectivity index (χ3v) is 3.74. The molecule has 0 radical (unpaired) electrons. The summed E-state index contributed by atoms with van der Waals surface area (Å²) in [6.07, 6.45) is 0.915. The molecule has 118 valence electrons. The molecule has 1 aromatic carbocycles. The van der Waals surface area contributed by atoms with Gasteiger partial charge in [0, 0.05) is 6.54 Å². The van der Waals surface area contributed by atoms with Gasteiger partial charge in [-0.2, -0.15) is 5.10 Å². The lowest BCUT2D eigenvalue weighted by Gasteiger charge is -2.09. The number of carbonyl (C=O) groups is 1. The first-order chi connectivity index (χ1) is 10.5. The molecule has 1 heterocycles. The van der Waals surface area contributed by atoms with Crippen LogP contribution in [0.15, 0.2) is 24.3 Å². The third-order valence-electron chi connectivity index (χ3n) is 3.74. The minimum absolute atomic E-state index is 0.177. The number of anilines is 1. The summed E-state index contributed by atoms with van der Waals surface area (Å²) in [5, 5.41) is 10.3. The van der Waals surface area contributed by atoms with Crippen molar-refractivity contribution in [3.8, 4) is 0 Å². The van der Waals surface area contributed by atoms with Gasteiger partial charge in [0.25, 0.3) is 0 Å². The molecule has 0 unspecified atom stereocenters. The zero-order valence-electron chi connectivity index (χ0n) is 13.7. The van der Waals surface area contributed by atoms with Crippen LogP contribution in [0.5, 0.6) is 0 Å². The Morgan fingerprint density at radius 3 is 2.64 bits per heavy atom. The monoisotopic (exact) mass is 300 g/mol. The fraction of sp³-hybridized carbons (Fsp3) is 0.412. The van der Waals surface area contributed by atoms with Gasteiger partial charge in [0.15, 0.2) is 0 Å². The second-order valence-electron chi connectivity index (χ2n) is 5.51. The maximum Gasteiger partial charge on any atom is 0.319 e. The third kappa shape index (κ3) is 3.67. The molecule has 0 fully saturated rings. The van der Waals surface area contributed by atoms with Crippen molar-refractivity contribution in [2.24, 2.45) is 0 Å². The Hall–Kier alpha value is -2.30. The van der Waals surface area contributed by atoms with E-state index in [0.717, 1.165) is 23.5 Å². The summed E-state index contributed by atoms with van der Waals surface area (Å²) in [7, 11) is 0. The lowest BCUT2D eigenvalue weighted by molar-refractivity contribution is 0.252. The molecule has 2 aromatic rings. The summed E-state index contributed by atoms with van der Waals surface area (Å²) in [5.74, 6) is 0. The number of hydrogen-bond acceptors (Lipinski definition) is 2. The van der Waals surface area contributed by atoms with Crippen molar-refractivity contribution < 1.29 is 4.79 Å². The number of carbonyl (C=O) groups excluding carboxylic acids is 1. The molecule has 5 heteroatoms. The highest BCUT2D eigenvalue weighted by atomic mass is 16.2. The fourth-order valence-electron chi connectivity index (χ4n) is 2.38. The molecule has 0 aliphatic heterocycles. The fourth-order valence-corrected chi connectivity index (χ4v) is 2.38. The number of aryl methyl sites for hydroxylation is 2. The molecule has 0 spiro atoms. The largest absolute Gasteiger partial charge is 0.338 e. The van der Waals surface area contributed by atoms with Gasteiger partial charge in [-0.3, -0.25) is 4.68 Å². The van der Waals surface area contributed by atoms with Crippen molar-refractivity contribution in [1.82, 2.24) is 15.1 Å². The van der Waals surface area contributed by atoms with E-state index in [2.05, 4.69) is 34.8 Å². The Balaban J connectivity index is 2.17. The maximum absolute atomic E-state index is 11.8. The summed E-state index contributed by atoms with van der Waals surface area (Å²) < 4.78 is 1.94. The standard InChI is InChI=1S/C17H24N4O/c1-5-10-18-17(22)19-16-13(3)20-21(14(16)4)11-15-9-7-6-8-12(15)2/h6-9H,5,10-11H2,1-4H3,(H2,18,19,22). The van der Waals surface area contributed by atoms with Crippen LogP contribution in [0.1, 0.15) is 35.9 Å². The predicted octanol–water partition coefficient (Wildman–Crippen LogP) is 3.39. The smallest absolute Gasteiger partial charge is 0.319 e. The van der Waals surface area contributed by atoms with Crippen LogP contribution in [-0.2, 0) is 6.54 Å². The highest BCUT2D eigenvalue weighted by Gasteiger charge is 2.14. The summed E-state index contributed by atoms with van der Waals surface area (Å²) >= 11 is 0. The Kier molecular flexibility index (Phi) is 5.20. The van der Waals surface area contributed by atoms with Gasteiger partial charge in [-0.25, -0.2) is 4.79 Å². The van der Waals surface area contributed by atoms with Gasteiger partial charge in [0.1, 0.15) is 0 Å². The van der Waals surface area contributed by atoms with E-state index in [-0.39, 0.29) is 6.03 Å². The van der Waals surface area contributed by atoms with Crippen LogP contribution in [0.4, 0.5) is 10.5 Å². The quantitative estimate of drug-likeness (QED) is 0.889. The number of nitrogens with one attached hydrogen (secondary N) is 2. The first-order valence-corrected chi connectivity index (χ1v) is 7.66. The molecule has 5 nitrogen and oxygen atoms in total. The molecule has 22 heavy (non-hydrogen) atoms. The van der Waals surface area contributed by atoms with Crippen LogP contribution >= 0.6 is 0 Å². The van der Waals surface area contributed by atoms with Gasteiger partial charge in [-0.1, -0.05) is 31.2 Å². The normalized spacial score (nSPS) is 10.5. The van der Waals surface area contributed by atoms with E-state index >= 15 is 0 Å². The van der Waals surface area contributed by atoms with Crippen LogP contribution in [0.3, 0.4) is 0 Å². The topological polar surface area (TPSA) is 59.0 Å². The van der Waals surface area contributed by atoms with E-state index in [9.17, 15) is 4.79 Å². The first-order valence-electron chi connectivity index (χ1n) is 7.66. The molecule has 0 atom stereocenters. The van der Waals surface area contributed by atoms with E-state index in [1.54, 1.807) is 0 Å². The maximum atomic E-state index is 11.8. The van der Waals surface area contributed by atoms with E-state index < -0.39 is 0 Å². The van der Waals surface area contributed by atoms with Gasteiger partial charge in [-0.15, -0.1) is 0 Å². The molecule has 0 saturated carbocycles. The summed E-state index contributed by atoms with van der Waals surface area (Å²) in [4.78, 5) is 11.8. The zero-order chi connectivity index (χ0) is 16.1.